The molecule has 5 nitrogen and oxygen atoms in total. The largest absolute Gasteiger partial charge is 0.366 e. The molecular weight excluding hydrogens is 414 g/mol. The van der Waals surface area contributed by atoms with E-state index >= 15 is 0 Å². The summed E-state index contributed by atoms with van der Waals surface area (Å²) in [6, 6.07) is 12.0. The highest BCUT2D eigenvalue weighted by Crippen LogP contribution is 2.30. The third-order valence-electron chi connectivity index (χ3n) is 3.69. The van der Waals surface area contributed by atoms with Gasteiger partial charge in [0.05, 0.1) is 0 Å². The second kappa shape index (κ2) is 7.97. The third kappa shape index (κ3) is 5.12. The van der Waals surface area contributed by atoms with Crippen molar-refractivity contribution in [1.29, 1.82) is 0 Å². The Labute approximate surface area is 166 Å². The number of benzene rings is 2. The Bertz CT molecular complexity index is 858. The number of nitrogens with two attached hydrogens (primary N) is 1. The van der Waals surface area contributed by atoms with Crippen LogP contribution < -0.4 is 16.4 Å². The van der Waals surface area contributed by atoms with Gasteiger partial charge in [0.25, 0.3) is 5.91 Å². The second-order valence-corrected chi connectivity index (χ2v) is 8.06. The van der Waals surface area contributed by atoms with Gasteiger partial charge in [-0.05, 0) is 59.6 Å². The molecule has 4 N–H and O–H groups in total. The van der Waals surface area contributed by atoms with Crippen LogP contribution in [0.5, 0.6) is 0 Å². The average molecular weight is 434 g/mol. The molecule has 0 aliphatic heterocycles. The molecule has 0 saturated heterocycles. The van der Waals surface area contributed by atoms with E-state index in [0.717, 1.165) is 10.0 Å². The van der Waals surface area contributed by atoms with Crippen LogP contribution in [0.4, 0.5) is 5.69 Å². The van der Waals surface area contributed by atoms with Crippen molar-refractivity contribution in [3.8, 4) is 0 Å². The molecule has 0 radical (unpaired) electrons. The predicted molar refractivity (Wildman–Crippen MR) is 111 cm³/mol. The summed E-state index contributed by atoms with van der Waals surface area (Å²) in [5.41, 5.74) is 7.83. The smallest absolute Gasteiger partial charge is 0.257 e. The van der Waals surface area contributed by atoms with Crippen LogP contribution in [0.2, 0.25) is 0 Å². The molecular formula is C19H20BrN3O2S. The zero-order valence-electron chi connectivity index (χ0n) is 14.7. The van der Waals surface area contributed by atoms with Crippen LogP contribution in [0.1, 0.15) is 47.1 Å². The lowest BCUT2D eigenvalue weighted by Crippen LogP contribution is -2.34. The third-order valence-corrected chi connectivity index (χ3v) is 4.55. The van der Waals surface area contributed by atoms with Gasteiger partial charge in [-0.1, -0.05) is 42.8 Å². The van der Waals surface area contributed by atoms with Crippen LogP contribution in [-0.2, 0) is 5.41 Å². The van der Waals surface area contributed by atoms with Gasteiger partial charge in [0.15, 0.2) is 5.11 Å². The lowest BCUT2D eigenvalue weighted by atomic mass is 9.86. The van der Waals surface area contributed by atoms with Gasteiger partial charge in [-0.2, -0.15) is 0 Å². The highest BCUT2D eigenvalue weighted by atomic mass is 79.9. The average Bonchev–Trinajstić information content (AvgIpc) is 2.53. The van der Waals surface area contributed by atoms with Gasteiger partial charge in [0.1, 0.15) is 0 Å². The van der Waals surface area contributed by atoms with Crippen molar-refractivity contribution in [3.05, 3.63) is 63.6 Å². The first-order valence-electron chi connectivity index (χ1n) is 7.90. The first-order chi connectivity index (χ1) is 12.1. The summed E-state index contributed by atoms with van der Waals surface area (Å²) in [6.07, 6.45) is 0. The van der Waals surface area contributed by atoms with Crippen LogP contribution in [0.25, 0.3) is 0 Å². The van der Waals surface area contributed by atoms with E-state index < -0.39 is 5.91 Å². The summed E-state index contributed by atoms with van der Waals surface area (Å²) in [5.74, 6) is -0.811. The highest BCUT2D eigenvalue weighted by molar-refractivity contribution is 9.10. The van der Waals surface area contributed by atoms with E-state index in [2.05, 4.69) is 47.3 Å². The van der Waals surface area contributed by atoms with Crippen molar-refractivity contribution < 1.29 is 9.59 Å². The minimum absolute atomic E-state index is 0.0260. The number of anilines is 1. The molecule has 0 fully saturated rings. The first kappa shape index (κ1) is 20.1. The van der Waals surface area contributed by atoms with Gasteiger partial charge in [-0.25, -0.2) is 0 Å². The molecule has 26 heavy (non-hydrogen) atoms. The SMILES string of the molecule is CC(C)(C)c1ccc(C(=O)NC(=S)Nc2ccc(C(N)=O)cc2)cc1Br. The molecule has 0 spiro atoms. The van der Waals surface area contributed by atoms with E-state index in [4.69, 9.17) is 18.0 Å². The summed E-state index contributed by atoms with van der Waals surface area (Å²) in [4.78, 5) is 23.4. The van der Waals surface area contributed by atoms with Crippen molar-refractivity contribution in [3.63, 3.8) is 0 Å². The van der Waals surface area contributed by atoms with Crippen molar-refractivity contribution in [2.24, 2.45) is 5.73 Å². The number of rotatable bonds is 3. The zero-order valence-corrected chi connectivity index (χ0v) is 17.1. The summed E-state index contributed by atoms with van der Waals surface area (Å²) in [7, 11) is 0. The molecule has 136 valence electrons. The molecule has 0 unspecified atom stereocenters. The number of carbonyl (C=O) groups is 2. The predicted octanol–water partition coefficient (Wildman–Crippen LogP) is 3.97. The molecule has 2 aromatic rings. The quantitative estimate of drug-likeness (QED) is 0.639. The van der Waals surface area contributed by atoms with E-state index in [1.54, 1.807) is 36.4 Å². The Morgan fingerprint density at radius 3 is 2.12 bits per heavy atom. The normalized spacial score (nSPS) is 10.9. The van der Waals surface area contributed by atoms with Crippen molar-refractivity contribution >= 4 is 50.8 Å². The van der Waals surface area contributed by atoms with Crippen molar-refractivity contribution in [2.75, 3.05) is 5.32 Å². The van der Waals surface area contributed by atoms with Gasteiger partial charge in [0, 0.05) is 21.3 Å². The fraction of sp³-hybridized carbons (Fsp3) is 0.211. The molecule has 0 saturated carbocycles. The van der Waals surface area contributed by atoms with Crippen LogP contribution in [0.3, 0.4) is 0 Å². The number of thiocarbonyl (C=S) groups is 1. The number of amides is 2. The van der Waals surface area contributed by atoms with E-state index in [-0.39, 0.29) is 16.4 Å². The van der Waals surface area contributed by atoms with E-state index in [1.807, 2.05) is 6.07 Å². The number of halogens is 1. The summed E-state index contributed by atoms with van der Waals surface area (Å²) >= 11 is 8.69. The molecule has 0 atom stereocenters. The molecule has 2 amide bonds. The fourth-order valence-corrected chi connectivity index (χ4v) is 3.50. The van der Waals surface area contributed by atoms with Crippen molar-refractivity contribution in [1.82, 2.24) is 5.32 Å². The van der Waals surface area contributed by atoms with Gasteiger partial charge in [0.2, 0.25) is 5.91 Å². The Morgan fingerprint density at radius 1 is 1.04 bits per heavy atom. The van der Waals surface area contributed by atoms with Gasteiger partial charge in [-0.3, -0.25) is 14.9 Å². The first-order valence-corrected chi connectivity index (χ1v) is 9.10. The molecule has 0 aliphatic carbocycles. The molecule has 0 aromatic heterocycles. The summed E-state index contributed by atoms with van der Waals surface area (Å²) in [6.45, 7) is 6.32. The molecule has 7 heteroatoms. The fourth-order valence-electron chi connectivity index (χ4n) is 2.32. The number of hydrogen-bond acceptors (Lipinski definition) is 3. The van der Waals surface area contributed by atoms with Crippen LogP contribution >= 0.6 is 28.1 Å². The van der Waals surface area contributed by atoms with E-state index in [0.29, 0.717) is 16.8 Å². The maximum atomic E-state index is 12.4. The Balaban J connectivity index is 2.04. The number of hydrogen-bond donors (Lipinski definition) is 3. The van der Waals surface area contributed by atoms with Crippen LogP contribution in [0.15, 0.2) is 46.9 Å². The molecule has 2 rings (SSSR count). The monoisotopic (exact) mass is 433 g/mol. The Hall–Kier alpha value is -2.25. The number of primary amides is 1. The summed E-state index contributed by atoms with van der Waals surface area (Å²) < 4.78 is 0.874. The van der Waals surface area contributed by atoms with Crippen molar-refractivity contribution in [2.45, 2.75) is 26.2 Å². The Kier molecular flexibility index (Phi) is 6.15. The molecule has 0 aliphatic rings. The second-order valence-electron chi connectivity index (χ2n) is 6.79. The maximum absolute atomic E-state index is 12.4. The lowest BCUT2D eigenvalue weighted by Gasteiger charge is -2.21. The number of nitrogens with one attached hydrogen (secondary N) is 2. The van der Waals surface area contributed by atoms with Crippen LogP contribution in [0, 0.1) is 0 Å². The minimum Gasteiger partial charge on any atom is -0.366 e. The van der Waals surface area contributed by atoms with Gasteiger partial charge in [-0.15, -0.1) is 0 Å². The van der Waals surface area contributed by atoms with E-state index in [1.165, 1.54) is 0 Å². The molecule has 0 heterocycles. The van der Waals surface area contributed by atoms with Gasteiger partial charge >= 0.3 is 0 Å². The summed E-state index contributed by atoms with van der Waals surface area (Å²) in [5, 5.41) is 5.70. The lowest BCUT2D eigenvalue weighted by molar-refractivity contribution is 0.0975. The zero-order chi connectivity index (χ0) is 19.5. The molecule has 2 aromatic carbocycles. The maximum Gasteiger partial charge on any atom is 0.257 e. The Morgan fingerprint density at radius 2 is 1.62 bits per heavy atom. The van der Waals surface area contributed by atoms with E-state index in [9.17, 15) is 9.59 Å². The minimum atomic E-state index is -0.503. The number of carbonyl (C=O) groups excluding carboxylic acids is 2. The topological polar surface area (TPSA) is 84.2 Å². The molecule has 0 bridgehead atoms. The van der Waals surface area contributed by atoms with Gasteiger partial charge < -0.3 is 11.1 Å². The van der Waals surface area contributed by atoms with Crippen LogP contribution in [-0.4, -0.2) is 16.9 Å². The highest BCUT2D eigenvalue weighted by Gasteiger charge is 2.18. The standard InChI is InChI=1S/C19H20BrN3O2S/c1-19(2,3)14-9-6-12(10-15(14)20)17(25)23-18(26)22-13-7-4-11(5-8-13)16(21)24/h4-10H,1-3H3,(H2,21,24)(H2,22,23,25,26).